The monoisotopic (exact) mass is 314 g/mol. The molecule has 1 aliphatic rings. The number of rotatable bonds is 4. The first-order chi connectivity index (χ1) is 9.29. The Labute approximate surface area is 127 Å². The van der Waals surface area contributed by atoms with E-state index in [2.05, 4.69) is 10.6 Å². The summed E-state index contributed by atoms with van der Waals surface area (Å²) < 4.78 is -0.921. The van der Waals surface area contributed by atoms with E-state index >= 15 is 0 Å². The number of benzene rings is 1. The lowest BCUT2D eigenvalue weighted by atomic mass is 10.2. The molecule has 0 bridgehead atoms. The molecule has 0 saturated heterocycles. The highest BCUT2D eigenvalue weighted by Crippen LogP contribution is 2.53. The molecule has 4 nitrogen and oxygen atoms in total. The third kappa shape index (κ3) is 3.64. The molecule has 2 amide bonds. The van der Waals surface area contributed by atoms with Gasteiger partial charge in [-0.05, 0) is 30.7 Å². The van der Waals surface area contributed by atoms with Crippen molar-refractivity contribution in [2.24, 2.45) is 11.8 Å². The average molecular weight is 315 g/mol. The van der Waals surface area contributed by atoms with Gasteiger partial charge in [0, 0.05) is 17.3 Å². The zero-order valence-corrected chi connectivity index (χ0v) is 12.8. The summed E-state index contributed by atoms with van der Waals surface area (Å²) in [6.45, 7) is 3.65. The van der Waals surface area contributed by atoms with Crippen LogP contribution in [0.25, 0.3) is 0 Å². The van der Waals surface area contributed by atoms with Crippen LogP contribution < -0.4 is 10.6 Å². The van der Waals surface area contributed by atoms with Crippen molar-refractivity contribution in [3.05, 3.63) is 24.3 Å². The number of hydrogen-bond donors (Lipinski definition) is 2. The van der Waals surface area contributed by atoms with Crippen molar-refractivity contribution in [2.45, 2.75) is 24.6 Å². The van der Waals surface area contributed by atoms with E-state index in [1.54, 1.807) is 24.3 Å². The SMILES string of the molecule is CC(C)C(=O)Nc1ccc(NC(=O)C2CC2(Cl)Cl)cc1. The van der Waals surface area contributed by atoms with Gasteiger partial charge < -0.3 is 10.6 Å². The van der Waals surface area contributed by atoms with Crippen molar-refractivity contribution < 1.29 is 9.59 Å². The number of nitrogens with one attached hydrogen (secondary N) is 2. The van der Waals surface area contributed by atoms with Gasteiger partial charge in [-0.2, -0.15) is 0 Å². The Bertz CT molecular complexity index is 526. The molecule has 2 rings (SSSR count). The van der Waals surface area contributed by atoms with Crippen molar-refractivity contribution in [3.63, 3.8) is 0 Å². The second-order valence-electron chi connectivity index (χ2n) is 5.23. The third-order valence-electron chi connectivity index (χ3n) is 3.09. The van der Waals surface area contributed by atoms with E-state index in [0.29, 0.717) is 17.8 Å². The number of carbonyl (C=O) groups excluding carboxylic acids is 2. The van der Waals surface area contributed by atoms with Gasteiger partial charge in [-0.1, -0.05) is 13.8 Å². The maximum absolute atomic E-state index is 11.8. The van der Waals surface area contributed by atoms with Gasteiger partial charge in [0.15, 0.2) is 0 Å². The van der Waals surface area contributed by atoms with Crippen LogP contribution in [0, 0.1) is 11.8 Å². The minimum absolute atomic E-state index is 0.0474. The average Bonchev–Trinajstić information content (AvgIpc) is 3.01. The lowest BCUT2D eigenvalue weighted by Gasteiger charge is -2.09. The number of amides is 2. The first-order valence-corrected chi connectivity index (χ1v) is 7.15. The van der Waals surface area contributed by atoms with Crippen molar-refractivity contribution in [1.29, 1.82) is 0 Å². The highest BCUT2D eigenvalue weighted by Gasteiger charge is 2.56. The van der Waals surface area contributed by atoms with E-state index in [9.17, 15) is 9.59 Å². The van der Waals surface area contributed by atoms with Crippen molar-refractivity contribution in [2.75, 3.05) is 10.6 Å². The standard InChI is InChI=1S/C14H16Cl2N2O2/c1-8(2)12(19)17-9-3-5-10(6-4-9)18-13(20)11-7-14(11,15)16/h3-6,8,11H,7H2,1-2H3,(H,17,19)(H,18,20). The fourth-order valence-corrected chi connectivity index (χ4v) is 2.16. The lowest BCUT2D eigenvalue weighted by Crippen LogP contribution is -2.18. The summed E-state index contributed by atoms with van der Waals surface area (Å²) in [6, 6.07) is 6.91. The van der Waals surface area contributed by atoms with Crippen LogP contribution >= 0.6 is 23.2 Å². The van der Waals surface area contributed by atoms with Gasteiger partial charge in [0.05, 0.1) is 5.92 Å². The van der Waals surface area contributed by atoms with E-state index in [4.69, 9.17) is 23.2 Å². The van der Waals surface area contributed by atoms with Crippen LogP contribution in [-0.2, 0) is 9.59 Å². The van der Waals surface area contributed by atoms with Gasteiger partial charge >= 0.3 is 0 Å². The number of hydrogen-bond acceptors (Lipinski definition) is 2. The minimum atomic E-state index is -0.921. The van der Waals surface area contributed by atoms with Crippen molar-refractivity contribution in [1.82, 2.24) is 0 Å². The zero-order valence-electron chi connectivity index (χ0n) is 11.2. The van der Waals surface area contributed by atoms with Gasteiger partial charge in [-0.3, -0.25) is 9.59 Å². The molecule has 0 spiro atoms. The van der Waals surface area contributed by atoms with Gasteiger partial charge in [0.1, 0.15) is 4.33 Å². The maximum Gasteiger partial charge on any atom is 0.230 e. The smallest absolute Gasteiger partial charge is 0.230 e. The molecule has 1 saturated carbocycles. The van der Waals surface area contributed by atoms with Crippen LogP contribution in [0.1, 0.15) is 20.3 Å². The Kier molecular flexibility index (Phi) is 4.25. The predicted octanol–water partition coefficient (Wildman–Crippen LogP) is 3.41. The van der Waals surface area contributed by atoms with Gasteiger partial charge in [0.2, 0.25) is 11.8 Å². The summed E-state index contributed by atoms with van der Waals surface area (Å²) in [5.41, 5.74) is 1.34. The molecule has 0 heterocycles. The Morgan fingerprint density at radius 3 is 2.00 bits per heavy atom. The number of halogens is 2. The minimum Gasteiger partial charge on any atom is -0.326 e. The van der Waals surface area contributed by atoms with Crippen molar-refractivity contribution >= 4 is 46.4 Å². The summed E-state index contributed by atoms with van der Waals surface area (Å²) in [5.74, 6) is -0.668. The highest BCUT2D eigenvalue weighted by atomic mass is 35.5. The summed E-state index contributed by atoms with van der Waals surface area (Å²) >= 11 is 11.7. The van der Waals surface area contributed by atoms with E-state index in [-0.39, 0.29) is 23.7 Å². The first-order valence-electron chi connectivity index (χ1n) is 6.39. The lowest BCUT2D eigenvalue weighted by molar-refractivity contribution is -0.119. The molecule has 2 N–H and O–H groups in total. The molecule has 6 heteroatoms. The van der Waals surface area contributed by atoms with E-state index in [1.165, 1.54) is 0 Å². The molecule has 0 aliphatic heterocycles. The van der Waals surface area contributed by atoms with Gasteiger partial charge in [-0.25, -0.2) is 0 Å². The topological polar surface area (TPSA) is 58.2 Å². The van der Waals surface area contributed by atoms with Gasteiger partial charge in [0.25, 0.3) is 0 Å². The van der Waals surface area contributed by atoms with Gasteiger partial charge in [-0.15, -0.1) is 23.2 Å². The van der Waals surface area contributed by atoms with E-state index in [0.717, 1.165) is 0 Å². The molecule has 1 aromatic rings. The van der Waals surface area contributed by atoms with Crippen molar-refractivity contribution in [3.8, 4) is 0 Å². The Hall–Kier alpha value is -1.26. The Morgan fingerprint density at radius 2 is 1.60 bits per heavy atom. The van der Waals surface area contributed by atoms with E-state index in [1.807, 2.05) is 13.8 Å². The quantitative estimate of drug-likeness (QED) is 0.837. The largest absolute Gasteiger partial charge is 0.326 e. The fourth-order valence-electron chi connectivity index (χ4n) is 1.65. The molecule has 108 valence electrons. The molecular weight excluding hydrogens is 299 g/mol. The zero-order chi connectivity index (χ0) is 14.9. The second kappa shape index (κ2) is 5.62. The highest BCUT2D eigenvalue weighted by molar-refractivity contribution is 6.52. The Morgan fingerprint density at radius 1 is 1.15 bits per heavy atom. The van der Waals surface area contributed by atoms with Crippen LogP contribution in [0.2, 0.25) is 0 Å². The second-order valence-corrected chi connectivity index (χ2v) is 6.77. The number of carbonyl (C=O) groups is 2. The molecule has 1 aliphatic carbocycles. The molecule has 20 heavy (non-hydrogen) atoms. The number of alkyl halides is 2. The summed E-state index contributed by atoms with van der Waals surface area (Å²) in [6.07, 6.45) is 0.477. The van der Waals surface area contributed by atoms with E-state index < -0.39 is 4.33 Å². The maximum atomic E-state index is 11.8. The Balaban J connectivity index is 1.92. The molecule has 0 radical (unpaired) electrons. The predicted molar refractivity (Wildman–Crippen MR) is 81.1 cm³/mol. The summed E-state index contributed by atoms with van der Waals surface area (Å²) in [4.78, 5) is 23.3. The van der Waals surface area contributed by atoms with Crippen LogP contribution in [0.4, 0.5) is 11.4 Å². The molecule has 1 aromatic carbocycles. The normalized spacial score (nSPS) is 19.6. The van der Waals surface area contributed by atoms with Crippen LogP contribution in [0.5, 0.6) is 0 Å². The third-order valence-corrected chi connectivity index (χ3v) is 3.92. The first kappa shape index (κ1) is 15.1. The summed E-state index contributed by atoms with van der Waals surface area (Å²) in [7, 11) is 0. The van der Waals surface area contributed by atoms with Crippen LogP contribution in [0.15, 0.2) is 24.3 Å². The molecule has 0 aromatic heterocycles. The fraction of sp³-hybridized carbons (Fsp3) is 0.429. The summed E-state index contributed by atoms with van der Waals surface area (Å²) in [5, 5.41) is 5.52. The molecule has 1 fully saturated rings. The number of anilines is 2. The van der Waals surface area contributed by atoms with Crippen LogP contribution in [-0.4, -0.2) is 16.1 Å². The molecule has 1 unspecified atom stereocenters. The molecular formula is C14H16Cl2N2O2. The molecule has 1 atom stereocenters. The van der Waals surface area contributed by atoms with Crippen LogP contribution in [0.3, 0.4) is 0 Å².